The molecule has 2 N–H and O–H groups in total. The number of anilines is 1. The molecule has 0 bridgehead atoms. The second-order valence-electron chi connectivity index (χ2n) is 4.11. The molecule has 0 saturated heterocycles. The molecule has 90 valence electrons. The Bertz CT molecular complexity index is 575. The van der Waals surface area contributed by atoms with Crippen molar-refractivity contribution in [1.29, 1.82) is 0 Å². The maximum absolute atomic E-state index is 11.6. The van der Waals surface area contributed by atoms with Crippen LogP contribution in [0.15, 0.2) is 12.1 Å². The Balaban J connectivity index is 2.70. The first-order valence-electron chi connectivity index (χ1n) is 5.31. The number of rotatable bonds is 2. The molecule has 0 saturated carbocycles. The number of aromatic nitrogens is 1. The molecule has 0 aliphatic heterocycles. The minimum atomic E-state index is -0.333. The van der Waals surface area contributed by atoms with Gasteiger partial charge in [-0.05, 0) is 23.6 Å². The van der Waals surface area contributed by atoms with E-state index < -0.39 is 0 Å². The van der Waals surface area contributed by atoms with Crippen LogP contribution in [0, 0.1) is 0 Å². The SMILES string of the molecule is COC(=O)c1cc(C(C)C)c2nc(N)sc2c1. The minimum Gasteiger partial charge on any atom is -0.465 e. The molecule has 0 radical (unpaired) electrons. The number of hydrogen-bond donors (Lipinski definition) is 1. The van der Waals surface area contributed by atoms with Crippen LogP contribution < -0.4 is 5.73 Å². The van der Waals surface area contributed by atoms with Gasteiger partial charge in [0.1, 0.15) is 0 Å². The van der Waals surface area contributed by atoms with Crippen molar-refractivity contribution in [1.82, 2.24) is 4.98 Å². The van der Waals surface area contributed by atoms with Crippen molar-refractivity contribution in [3.63, 3.8) is 0 Å². The fourth-order valence-electron chi connectivity index (χ4n) is 1.75. The molecule has 0 unspecified atom stereocenters. The van der Waals surface area contributed by atoms with E-state index in [1.165, 1.54) is 18.4 Å². The van der Waals surface area contributed by atoms with Gasteiger partial charge in [-0.15, -0.1) is 0 Å². The highest BCUT2D eigenvalue weighted by Gasteiger charge is 2.15. The largest absolute Gasteiger partial charge is 0.465 e. The topological polar surface area (TPSA) is 65.2 Å². The third-order valence-corrected chi connectivity index (χ3v) is 3.42. The molecule has 0 fully saturated rings. The van der Waals surface area contributed by atoms with Gasteiger partial charge in [0.2, 0.25) is 0 Å². The van der Waals surface area contributed by atoms with E-state index in [1.54, 1.807) is 6.07 Å². The average Bonchev–Trinajstić information content (AvgIpc) is 2.66. The van der Waals surface area contributed by atoms with E-state index in [0.29, 0.717) is 10.7 Å². The van der Waals surface area contributed by atoms with Crippen molar-refractivity contribution in [3.05, 3.63) is 23.3 Å². The molecule has 1 aromatic heterocycles. The Morgan fingerprint density at radius 3 is 2.76 bits per heavy atom. The fourth-order valence-corrected chi connectivity index (χ4v) is 2.56. The first kappa shape index (κ1) is 11.9. The zero-order chi connectivity index (χ0) is 12.6. The second kappa shape index (κ2) is 4.33. The van der Waals surface area contributed by atoms with Crippen LogP contribution in [0.4, 0.5) is 5.13 Å². The number of nitrogens with zero attached hydrogens (tertiary/aromatic N) is 1. The number of hydrogen-bond acceptors (Lipinski definition) is 5. The number of ether oxygens (including phenoxy) is 1. The Labute approximate surface area is 103 Å². The fraction of sp³-hybridized carbons (Fsp3) is 0.333. The number of nitrogens with two attached hydrogens (primary N) is 1. The predicted molar refractivity (Wildman–Crippen MR) is 69.5 cm³/mol. The average molecular weight is 250 g/mol. The number of carbonyl (C=O) groups is 1. The maximum atomic E-state index is 11.6. The van der Waals surface area contributed by atoms with Gasteiger partial charge in [0.25, 0.3) is 0 Å². The van der Waals surface area contributed by atoms with E-state index in [0.717, 1.165) is 15.8 Å². The van der Waals surface area contributed by atoms with E-state index in [2.05, 4.69) is 18.8 Å². The van der Waals surface area contributed by atoms with Gasteiger partial charge in [-0.1, -0.05) is 25.2 Å². The molecule has 0 atom stereocenters. The summed E-state index contributed by atoms with van der Waals surface area (Å²) in [7, 11) is 1.38. The van der Waals surface area contributed by atoms with Crippen LogP contribution in [-0.4, -0.2) is 18.1 Å². The van der Waals surface area contributed by atoms with Gasteiger partial charge in [0.15, 0.2) is 5.13 Å². The molecular weight excluding hydrogens is 236 g/mol. The van der Waals surface area contributed by atoms with Crippen LogP contribution in [0.2, 0.25) is 0 Å². The molecule has 2 aromatic rings. The number of nitrogen functional groups attached to an aromatic ring is 1. The van der Waals surface area contributed by atoms with Gasteiger partial charge in [-0.25, -0.2) is 9.78 Å². The summed E-state index contributed by atoms with van der Waals surface area (Å²) in [5, 5.41) is 0.518. The minimum absolute atomic E-state index is 0.281. The smallest absolute Gasteiger partial charge is 0.337 e. The number of methoxy groups -OCH3 is 1. The van der Waals surface area contributed by atoms with Crippen LogP contribution in [-0.2, 0) is 4.74 Å². The Hall–Kier alpha value is -1.62. The molecule has 2 rings (SSSR count). The molecule has 4 nitrogen and oxygen atoms in total. The van der Waals surface area contributed by atoms with Crippen molar-refractivity contribution in [3.8, 4) is 0 Å². The van der Waals surface area contributed by atoms with Gasteiger partial charge in [0, 0.05) is 0 Å². The normalized spacial score (nSPS) is 11.1. The van der Waals surface area contributed by atoms with Crippen LogP contribution in [0.25, 0.3) is 10.2 Å². The summed E-state index contributed by atoms with van der Waals surface area (Å²) < 4.78 is 5.67. The number of esters is 1. The van der Waals surface area contributed by atoms with Gasteiger partial charge in [-0.3, -0.25) is 0 Å². The van der Waals surface area contributed by atoms with Crippen LogP contribution in [0.1, 0.15) is 35.7 Å². The van der Waals surface area contributed by atoms with Gasteiger partial charge in [0.05, 0.1) is 22.9 Å². The third-order valence-electron chi connectivity index (χ3n) is 2.58. The highest BCUT2D eigenvalue weighted by atomic mass is 32.1. The summed E-state index contributed by atoms with van der Waals surface area (Å²) in [5.74, 6) is -0.0515. The first-order valence-corrected chi connectivity index (χ1v) is 6.13. The molecule has 1 aromatic carbocycles. The van der Waals surface area contributed by atoms with Gasteiger partial charge >= 0.3 is 5.97 Å². The quantitative estimate of drug-likeness (QED) is 0.832. The monoisotopic (exact) mass is 250 g/mol. The van der Waals surface area contributed by atoms with Gasteiger partial charge < -0.3 is 10.5 Å². The highest BCUT2D eigenvalue weighted by molar-refractivity contribution is 7.22. The van der Waals surface area contributed by atoms with E-state index in [-0.39, 0.29) is 11.9 Å². The lowest BCUT2D eigenvalue weighted by Crippen LogP contribution is -2.02. The summed E-state index contributed by atoms with van der Waals surface area (Å²) in [6.45, 7) is 4.12. The number of fused-ring (bicyclic) bond motifs is 1. The standard InChI is InChI=1S/C12H14N2O2S/c1-6(2)8-4-7(11(15)16-3)5-9-10(8)14-12(13)17-9/h4-6H,1-3H3,(H2,13,14). The summed E-state index contributed by atoms with van der Waals surface area (Å²) in [4.78, 5) is 15.9. The predicted octanol–water partition coefficient (Wildman–Crippen LogP) is 2.79. The van der Waals surface area contributed by atoms with Crippen LogP contribution in [0.5, 0.6) is 0 Å². The van der Waals surface area contributed by atoms with Crippen molar-refractivity contribution >= 4 is 32.7 Å². The molecule has 0 spiro atoms. The zero-order valence-corrected chi connectivity index (χ0v) is 10.8. The molecule has 17 heavy (non-hydrogen) atoms. The van der Waals surface area contributed by atoms with Gasteiger partial charge in [-0.2, -0.15) is 0 Å². The first-order chi connectivity index (χ1) is 8.02. The van der Waals surface area contributed by atoms with Crippen LogP contribution in [0.3, 0.4) is 0 Å². The summed E-state index contributed by atoms with van der Waals surface area (Å²) in [6.07, 6.45) is 0. The zero-order valence-electron chi connectivity index (χ0n) is 9.98. The molecule has 5 heteroatoms. The van der Waals surface area contributed by atoms with Crippen molar-refractivity contribution in [2.45, 2.75) is 19.8 Å². The molecule has 1 heterocycles. The highest BCUT2D eigenvalue weighted by Crippen LogP contribution is 2.31. The lowest BCUT2D eigenvalue weighted by molar-refractivity contribution is 0.0601. The Morgan fingerprint density at radius 2 is 2.18 bits per heavy atom. The van der Waals surface area contributed by atoms with E-state index in [1.807, 2.05) is 6.07 Å². The second-order valence-corrected chi connectivity index (χ2v) is 5.17. The van der Waals surface area contributed by atoms with Crippen molar-refractivity contribution < 1.29 is 9.53 Å². The number of carbonyl (C=O) groups excluding carboxylic acids is 1. The molecule has 0 aliphatic rings. The Morgan fingerprint density at radius 1 is 1.47 bits per heavy atom. The Kier molecular flexibility index (Phi) is 3.02. The summed E-state index contributed by atoms with van der Waals surface area (Å²) in [5.41, 5.74) is 8.17. The summed E-state index contributed by atoms with van der Waals surface area (Å²) in [6, 6.07) is 3.61. The number of benzene rings is 1. The lowest BCUT2D eigenvalue weighted by atomic mass is 9.99. The van der Waals surface area contributed by atoms with E-state index in [9.17, 15) is 4.79 Å². The van der Waals surface area contributed by atoms with Crippen LogP contribution >= 0.6 is 11.3 Å². The van der Waals surface area contributed by atoms with E-state index in [4.69, 9.17) is 10.5 Å². The molecular formula is C12H14N2O2S. The maximum Gasteiger partial charge on any atom is 0.337 e. The molecule has 0 aliphatic carbocycles. The molecule has 0 amide bonds. The van der Waals surface area contributed by atoms with Crippen molar-refractivity contribution in [2.75, 3.05) is 12.8 Å². The van der Waals surface area contributed by atoms with E-state index >= 15 is 0 Å². The summed E-state index contributed by atoms with van der Waals surface area (Å²) >= 11 is 1.38. The number of thiazole rings is 1. The van der Waals surface area contributed by atoms with Crippen molar-refractivity contribution in [2.24, 2.45) is 0 Å². The lowest BCUT2D eigenvalue weighted by Gasteiger charge is -2.08. The third kappa shape index (κ3) is 2.10.